The van der Waals surface area contributed by atoms with Gasteiger partial charge in [-0.3, -0.25) is 5.73 Å². The van der Waals surface area contributed by atoms with Gasteiger partial charge in [0.15, 0.2) is 6.54 Å². The van der Waals surface area contributed by atoms with Crippen molar-refractivity contribution in [1.29, 1.82) is 0 Å². The standard InChI is InChI=1S/C16H27N3O2/c1-3-4-5-6-7-8-9-10-15-18-11-12-19(15,14(2)17)13-16(20)21/h9-12,14H,3-8,13,17H2,1-2H3/p+1/b10-9+. The predicted octanol–water partition coefficient (Wildman–Crippen LogP) is 2.99. The van der Waals surface area contributed by atoms with Crippen molar-refractivity contribution in [3.63, 3.8) is 0 Å². The Hall–Kier alpha value is -1.46. The molecule has 0 bridgehead atoms. The first-order valence-corrected chi connectivity index (χ1v) is 7.80. The van der Waals surface area contributed by atoms with Crippen molar-refractivity contribution in [3.8, 4) is 0 Å². The molecule has 1 heterocycles. The number of aliphatic imine (C=N–C) groups is 1. The van der Waals surface area contributed by atoms with Crippen molar-refractivity contribution < 1.29 is 14.4 Å². The molecule has 0 aliphatic carbocycles. The Morgan fingerprint density at radius 2 is 2.14 bits per heavy atom. The predicted molar refractivity (Wildman–Crippen MR) is 85.5 cm³/mol. The van der Waals surface area contributed by atoms with Crippen LogP contribution < -0.4 is 5.73 Å². The first kappa shape index (κ1) is 17.6. The third kappa shape index (κ3) is 5.10. The van der Waals surface area contributed by atoms with E-state index in [0.717, 1.165) is 12.8 Å². The monoisotopic (exact) mass is 294 g/mol. The summed E-state index contributed by atoms with van der Waals surface area (Å²) in [5.74, 6) is -0.166. The van der Waals surface area contributed by atoms with Crippen LogP contribution in [0.5, 0.6) is 0 Å². The van der Waals surface area contributed by atoms with Crippen LogP contribution in [0.4, 0.5) is 0 Å². The molecule has 1 aliphatic rings. The van der Waals surface area contributed by atoms with Crippen molar-refractivity contribution in [2.75, 3.05) is 6.54 Å². The fourth-order valence-corrected chi connectivity index (χ4v) is 2.49. The molecule has 0 aromatic rings. The number of amidine groups is 1. The van der Waals surface area contributed by atoms with Gasteiger partial charge in [0.05, 0.1) is 6.20 Å². The van der Waals surface area contributed by atoms with Crippen LogP contribution in [0.3, 0.4) is 0 Å². The number of carbonyl (C=O) groups is 1. The molecule has 2 atom stereocenters. The van der Waals surface area contributed by atoms with E-state index < -0.39 is 5.97 Å². The zero-order valence-electron chi connectivity index (χ0n) is 13.2. The number of hydrogen-bond donors (Lipinski definition) is 2. The number of quaternary nitrogens is 1. The van der Waals surface area contributed by atoms with E-state index in [2.05, 4.69) is 18.0 Å². The van der Waals surface area contributed by atoms with Gasteiger partial charge in [-0.1, -0.05) is 38.7 Å². The van der Waals surface area contributed by atoms with Crippen LogP contribution >= 0.6 is 0 Å². The summed E-state index contributed by atoms with van der Waals surface area (Å²) in [6, 6.07) is 0. The van der Waals surface area contributed by atoms with Crippen molar-refractivity contribution in [2.45, 2.75) is 58.5 Å². The van der Waals surface area contributed by atoms with Gasteiger partial charge < -0.3 is 5.11 Å². The fourth-order valence-electron chi connectivity index (χ4n) is 2.49. The molecule has 0 aromatic carbocycles. The van der Waals surface area contributed by atoms with Crippen LogP contribution in [0.2, 0.25) is 0 Å². The summed E-state index contributed by atoms with van der Waals surface area (Å²) in [6.45, 7) is 3.94. The summed E-state index contributed by atoms with van der Waals surface area (Å²) in [5.41, 5.74) is 6.00. The van der Waals surface area contributed by atoms with Crippen LogP contribution in [0, 0.1) is 0 Å². The molecule has 0 radical (unpaired) electrons. The topological polar surface area (TPSA) is 75.7 Å². The summed E-state index contributed by atoms with van der Waals surface area (Å²) in [5, 5.41) is 9.11. The number of unbranched alkanes of at least 4 members (excludes halogenated alkanes) is 5. The summed E-state index contributed by atoms with van der Waals surface area (Å²) in [4.78, 5) is 15.4. The van der Waals surface area contributed by atoms with Gasteiger partial charge in [0.25, 0.3) is 0 Å². The van der Waals surface area contributed by atoms with E-state index in [9.17, 15) is 4.79 Å². The van der Waals surface area contributed by atoms with E-state index in [1.54, 1.807) is 12.4 Å². The Balaban J connectivity index is 2.55. The molecule has 5 heteroatoms. The smallest absolute Gasteiger partial charge is 0.360 e. The number of carboxylic acid groups (broad SMARTS) is 1. The van der Waals surface area contributed by atoms with Gasteiger partial charge in [-0.25, -0.2) is 9.28 Å². The van der Waals surface area contributed by atoms with Crippen molar-refractivity contribution >= 4 is 11.8 Å². The summed E-state index contributed by atoms with van der Waals surface area (Å²) in [6.07, 6.45) is 14.3. The van der Waals surface area contributed by atoms with Gasteiger partial charge >= 0.3 is 5.97 Å². The Morgan fingerprint density at radius 1 is 1.43 bits per heavy atom. The lowest BCUT2D eigenvalue weighted by Gasteiger charge is -2.33. The Morgan fingerprint density at radius 3 is 2.76 bits per heavy atom. The van der Waals surface area contributed by atoms with Crippen LogP contribution in [0.1, 0.15) is 52.4 Å². The molecule has 2 unspecified atom stereocenters. The normalized spacial score (nSPS) is 22.7. The Bertz CT molecular complexity index is 427. The number of aliphatic carboxylic acids is 1. The van der Waals surface area contributed by atoms with Crippen molar-refractivity contribution in [1.82, 2.24) is 0 Å². The van der Waals surface area contributed by atoms with Crippen LogP contribution in [0.25, 0.3) is 0 Å². The van der Waals surface area contributed by atoms with Gasteiger partial charge in [0.1, 0.15) is 12.4 Å². The van der Waals surface area contributed by atoms with E-state index in [4.69, 9.17) is 10.8 Å². The number of nitrogens with zero attached hydrogens (tertiary/aromatic N) is 2. The highest BCUT2D eigenvalue weighted by atomic mass is 16.4. The van der Waals surface area contributed by atoms with E-state index >= 15 is 0 Å². The second-order valence-corrected chi connectivity index (χ2v) is 5.61. The van der Waals surface area contributed by atoms with Crippen LogP contribution in [0.15, 0.2) is 29.5 Å². The highest BCUT2D eigenvalue weighted by Gasteiger charge is 2.39. The fraction of sp³-hybridized carbons (Fsp3) is 0.625. The largest absolute Gasteiger partial charge is 0.477 e. The molecule has 0 fully saturated rings. The maximum atomic E-state index is 11.1. The minimum atomic E-state index is -0.875. The average molecular weight is 294 g/mol. The first-order valence-electron chi connectivity index (χ1n) is 7.80. The Kier molecular flexibility index (Phi) is 7.32. The third-order valence-corrected chi connectivity index (χ3v) is 3.83. The number of carboxylic acids is 1. The molecular formula is C16H28N3O2+. The van der Waals surface area contributed by atoms with Crippen molar-refractivity contribution in [3.05, 3.63) is 24.6 Å². The Labute approximate surface area is 127 Å². The molecule has 3 N–H and O–H groups in total. The van der Waals surface area contributed by atoms with Crippen LogP contribution in [-0.4, -0.2) is 34.1 Å². The van der Waals surface area contributed by atoms with Crippen molar-refractivity contribution in [2.24, 2.45) is 10.7 Å². The lowest BCUT2D eigenvalue weighted by molar-refractivity contribution is -0.803. The molecule has 0 saturated heterocycles. The zero-order valence-corrected chi connectivity index (χ0v) is 13.2. The summed E-state index contributed by atoms with van der Waals surface area (Å²) < 4.78 is 0.0850. The average Bonchev–Trinajstić information content (AvgIpc) is 2.81. The lowest BCUT2D eigenvalue weighted by atomic mass is 10.1. The van der Waals surface area contributed by atoms with Gasteiger partial charge in [-0.05, 0) is 12.8 Å². The van der Waals surface area contributed by atoms with E-state index in [-0.39, 0.29) is 17.2 Å². The molecule has 1 aliphatic heterocycles. The molecule has 5 nitrogen and oxygen atoms in total. The number of hydrogen-bond acceptors (Lipinski definition) is 3. The number of rotatable bonds is 10. The molecule has 21 heavy (non-hydrogen) atoms. The quantitative estimate of drug-likeness (QED) is 0.480. The van der Waals surface area contributed by atoms with E-state index in [1.165, 1.54) is 25.7 Å². The molecule has 0 spiro atoms. The van der Waals surface area contributed by atoms with E-state index in [1.807, 2.05) is 13.0 Å². The molecule has 1 rings (SSSR count). The minimum absolute atomic E-state index is 0.0756. The molecule has 118 valence electrons. The maximum absolute atomic E-state index is 11.1. The van der Waals surface area contributed by atoms with Crippen LogP contribution in [-0.2, 0) is 4.79 Å². The zero-order chi connectivity index (χ0) is 15.7. The molecular weight excluding hydrogens is 266 g/mol. The summed E-state index contributed by atoms with van der Waals surface area (Å²) >= 11 is 0. The minimum Gasteiger partial charge on any atom is -0.477 e. The van der Waals surface area contributed by atoms with E-state index in [0.29, 0.717) is 5.84 Å². The number of allylic oxidation sites excluding steroid dienone is 1. The highest BCUT2D eigenvalue weighted by Crippen LogP contribution is 2.20. The number of nitrogens with two attached hydrogens (primary N) is 1. The first-order chi connectivity index (χ1) is 10.0. The van der Waals surface area contributed by atoms with Gasteiger partial charge in [-0.15, -0.1) is 0 Å². The molecule has 0 aromatic heterocycles. The van der Waals surface area contributed by atoms with Gasteiger partial charge in [0, 0.05) is 13.0 Å². The van der Waals surface area contributed by atoms with Gasteiger partial charge in [0.2, 0.25) is 5.84 Å². The lowest BCUT2D eigenvalue weighted by Crippen LogP contribution is -2.58. The second kappa shape index (κ2) is 8.74. The maximum Gasteiger partial charge on any atom is 0.360 e. The summed E-state index contributed by atoms with van der Waals surface area (Å²) in [7, 11) is 0. The third-order valence-electron chi connectivity index (χ3n) is 3.83. The molecule has 0 saturated carbocycles. The highest BCUT2D eigenvalue weighted by molar-refractivity contribution is 5.90. The second-order valence-electron chi connectivity index (χ2n) is 5.61. The SMILES string of the molecule is CCCCCCC/C=C/C1=NC=C[N+]1(CC(=O)O)C(C)N. The van der Waals surface area contributed by atoms with Gasteiger partial charge in [-0.2, -0.15) is 4.99 Å². The molecule has 0 amide bonds.